The van der Waals surface area contributed by atoms with Gasteiger partial charge in [-0.15, -0.1) is 0 Å². The molecule has 0 saturated heterocycles. The Kier molecular flexibility index (Phi) is 7.95. The highest BCUT2D eigenvalue weighted by molar-refractivity contribution is 5.94. The van der Waals surface area contributed by atoms with Gasteiger partial charge in [0.25, 0.3) is 5.91 Å². The maximum Gasteiger partial charge on any atom is 0.251 e. The van der Waals surface area contributed by atoms with Crippen molar-refractivity contribution < 1.29 is 14.4 Å². The minimum atomic E-state index is -0.313. The van der Waals surface area contributed by atoms with Gasteiger partial charge in [-0.1, -0.05) is 18.2 Å². The van der Waals surface area contributed by atoms with Crippen LogP contribution in [0.5, 0.6) is 0 Å². The zero-order chi connectivity index (χ0) is 18.1. The second-order valence-corrected chi connectivity index (χ2v) is 6.07. The summed E-state index contributed by atoms with van der Waals surface area (Å²) in [5.41, 5.74) is 0.556. The molecule has 0 saturated carbocycles. The lowest BCUT2D eigenvalue weighted by Gasteiger charge is -2.23. The van der Waals surface area contributed by atoms with Crippen LogP contribution in [0.15, 0.2) is 30.3 Å². The number of rotatable bonds is 8. The van der Waals surface area contributed by atoms with E-state index in [0.29, 0.717) is 12.1 Å². The average molecular weight is 333 g/mol. The summed E-state index contributed by atoms with van der Waals surface area (Å²) in [7, 11) is 0. The summed E-state index contributed by atoms with van der Waals surface area (Å²) in [6, 6.07) is 8.58. The van der Waals surface area contributed by atoms with Gasteiger partial charge in [0.15, 0.2) is 0 Å². The first-order valence-electron chi connectivity index (χ1n) is 8.26. The van der Waals surface area contributed by atoms with Crippen LogP contribution in [-0.2, 0) is 9.59 Å². The standard InChI is InChI=1S/C18H27N3O3/c1-5-21(12-16(22)19-13(2)3)17(23)11-14(4)20-18(24)15-9-7-6-8-10-15/h6-10,13-14H,5,11-12H2,1-4H3,(H,19,22)(H,20,24). The Balaban J connectivity index is 2.52. The highest BCUT2D eigenvalue weighted by Crippen LogP contribution is 2.03. The molecule has 6 heteroatoms. The Labute approximate surface area is 143 Å². The molecule has 0 bridgehead atoms. The lowest BCUT2D eigenvalue weighted by atomic mass is 10.1. The van der Waals surface area contributed by atoms with Gasteiger partial charge in [0.05, 0.1) is 6.54 Å². The molecule has 0 aromatic heterocycles. The van der Waals surface area contributed by atoms with Crippen LogP contribution >= 0.6 is 0 Å². The van der Waals surface area contributed by atoms with E-state index in [9.17, 15) is 14.4 Å². The van der Waals surface area contributed by atoms with Crippen molar-refractivity contribution in [1.29, 1.82) is 0 Å². The van der Waals surface area contributed by atoms with Crippen molar-refractivity contribution in [2.45, 2.75) is 46.2 Å². The number of amides is 3. The summed E-state index contributed by atoms with van der Waals surface area (Å²) in [5.74, 6) is -0.546. The number of nitrogens with one attached hydrogen (secondary N) is 2. The van der Waals surface area contributed by atoms with Crippen LogP contribution in [0.25, 0.3) is 0 Å². The van der Waals surface area contributed by atoms with E-state index in [1.807, 2.05) is 26.8 Å². The Bertz CT molecular complexity index is 558. The van der Waals surface area contributed by atoms with Gasteiger partial charge in [-0.3, -0.25) is 14.4 Å². The Hall–Kier alpha value is -2.37. The van der Waals surface area contributed by atoms with Crippen LogP contribution in [0, 0.1) is 0 Å². The molecule has 0 radical (unpaired) electrons. The molecule has 0 spiro atoms. The SMILES string of the molecule is CCN(CC(=O)NC(C)C)C(=O)CC(C)NC(=O)c1ccccc1. The fourth-order valence-electron chi connectivity index (χ4n) is 2.26. The summed E-state index contributed by atoms with van der Waals surface area (Å²) in [6.07, 6.45) is 0.154. The molecule has 1 atom stereocenters. The van der Waals surface area contributed by atoms with Gasteiger partial charge >= 0.3 is 0 Å². The number of carbonyl (C=O) groups is 3. The molecule has 0 aliphatic rings. The van der Waals surface area contributed by atoms with Gasteiger partial charge in [-0.2, -0.15) is 0 Å². The number of hydrogen-bond donors (Lipinski definition) is 2. The third-order valence-electron chi connectivity index (χ3n) is 3.41. The molecule has 1 rings (SSSR count). The van der Waals surface area contributed by atoms with Crippen LogP contribution in [0.2, 0.25) is 0 Å². The van der Waals surface area contributed by atoms with Crippen molar-refractivity contribution in [3.63, 3.8) is 0 Å². The third-order valence-corrected chi connectivity index (χ3v) is 3.41. The van der Waals surface area contributed by atoms with E-state index < -0.39 is 0 Å². The molecule has 0 aliphatic carbocycles. The number of carbonyl (C=O) groups excluding carboxylic acids is 3. The molecule has 132 valence electrons. The van der Waals surface area contributed by atoms with Gasteiger partial charge < -0.3 is 15.5 Å². The van der Waals surface area contributed by atoms with Crippen molar-refractivity contribution in [1.82, 2.24) is 15.5 Å². The molecular weight excluding hydrogens is 306 g/mol. The van der Waals surface area contributed by atoms with Gasteiger partial charge in [0, 0.05) is 30.6 Å². The van der Waals surface area contributed by atoms with Crippen LogP contribution in [0.1, 0.15) is 44.5 Å². The fraction of sp³-hybridized carbons (Fsp3) is 0.500. The second kappa shape index (κ2) is 9.70. The summed E-state index contributed by atoms with van der Waals surface area (Å²) in [5, 5.41) is 5.57. The minimum Gasteiger partial charge on any atom is -0.352 e. The predicted molar refractivity (Wildman–Crippen MR) is 93.5 cm³/mol. The molecular formula is C18H27N3O3. The van der Waals surface area contributed by atoms with Crippen molar-refractivity contribution in [2.24, 2.45) is 0 Å². The van der Waals surface area contributed by atoms with E-state index in [0.717, 1.165) is 0 Å². The molecule has 2 N–H and O–H groups in total. The Morgan fingerprint density at radius 1 is 1.04 bits per heavy atom. The van der Waals surface area contributed by atoms with Gasteiger partial charge in [-0.25, -0.2) is 0 Å². The zero-order valence-corrected chi connectivity index (χ0v) is 14.8. The zero-order valence-electron chi connectivity index (χ0n) is 14.8. The van der Waals surface area contributed by atoms with Crippen molar-refractivity contribution in [3.8, 4) is 0 Å². The predicted octanol–water partition coefficient (Wildman–Crippen LogP) is 1.57. The Morgan fingerprint density at radius 2 is 1.67 bits per heavy atom. The van der Waals surface area contributed by atoms with Crippen LogP contribution in [-0.4, -0.2) is 47.8 Å². The number of benzene rings is 1. The quantitative estimate of drug-likeness (QED) is 0.758. The molecule has 24 heavy (non-hydrogen) atoms. The summed E-state index contributed by atoms with van der Waals surface area (Å²) in [6.45, 7) is 7.83. The lowest BCUT2D eigenvalue weighted by Crippen LogP contribution is -2.44. The van der Waals surface area contributed by atoms with E-state index in [1.54, 1.807) is 31.2 Å². The molecule has 1 aromatic carbocycles. The average Bonchev–Trinajstić information content (AvgIpc) is 2.52. The maximum atomic E-state index is 12.3. The van der Waals surface area contributed by atoms with E-state index in [2.05, 4.69) is 10.6 Å². The molecule has 3 amide bonds. The normalized spacial score (nSPS) is 11.7. The van der Waals surface area contributed by atoms with Crippen molar-refractivity contribution in [3.05, 3.63) is 35.9 Å². The second-order valence-electron chi connectivity index (χ2n) is 6.07. The van der Waals surface area contributed by atoms with Crippen LogP contribution in [0.3, 0.4) is 0 Å². The van der Waals surface area contributed by atoms with Crippen LogP contribution < -0.4 is 10.6 Å². The largest absolute Gasteiger partial charge is 0.352 e. The van der Waals surface area contributed by atoms with Crippen molar-refractivity contribution >= 4 is 17.7 Å². The lowest BCUT2D eigenvalue weighted by molar-refractivity contribution is -0.136. The van der Waals surface area contributed by atoms with E-state index in [4.69, 9.17) is 0 Å². The number of likely N-dealkylation sites (N-methyl/N-ethyl adjacent to an activating group) is 1. The molecule has 0 heterocycles. The maximum absolute atomic E-state index is 12.3. The summed E-state index contributed by atoms with van der Waals surface area (Å²) in [4.78, 5) is 37.7. The van der Waals surface area contributed by atoms with E-state index in [-0.39, 0.29) is 42.8 Å². The Morgan fingerprint density at radius 3 is 2.21 bits per heavy atom. The van der Waals surface area contributed by atoms with E-state index >= 15 is 0 Å². The number of hydrogen-bond acceptors (Lipinski definition) is 3. The third kappa shape index (κ3) is 6.81. The van der Waals surface area contributed by atoms with Crippen molar-refractivity contribution in [2.75, 3.05) is 13.1 Å². The summed E-state index contributed by atoms with van der Waals surface area (Å²) >= 11 is 0. The molecule has 6 nitrogen and oxygen atoms in total. The van der Waals surface area contributed by atoms with Gasteiger partial charge in [-0.05, 0) is 39.8 Å². The van der Waals surface area contributed by atoms with E-state index in [1.165, 1.54) is 4.90 Å². The van der Waals surface area contributed by atoms with Gasteiger partial charge in [0.1, 0.15) is 0 Å². The first kappa shape index (κ1) is 19.7. The number of nitrogens with zero attached hydrogens (tertiary/aromatic N) is 1. The molecule has 0 aliphatic heterocycles. The topological polar surface area (TPSA) is 78.5 Å². The highest BCUT2D eigenvalue weighted by atomic mass is 16.2. The monoisotopic (exact) mass is 333 g/mol. The highest BCUT2D eigenvalue weighted by Gasteiger charge is 2.19. The minimum absolute atomic E-state index is 0.0346. The first-order chi connectivity index (χ1) is 11.3. The molecule has 1 aromatic rings. The smallest absolute Gasteiger partial charge is 0.251 e. The van der Waals surface area contributed by atoms with Crippen LogP contribution in [0.4, 0.5) is 0 Å². The molecule has 1 unspecified atom stereocenters. The molecule has 0 fully saturated rings. The first-order valence-corrected chi connectivity index (χ1v) is 8.26. The van der Waals surface area contributed by atoms with Gasteiger partial charge in [0.2, 0.25) is 11.8 Å². The summed E-state index contributed by atoms with van der Waals surface area (Å²) < 4.78 is 0. The fourth-order valence-corrected chi connectivity index (χ4v) is 2.26.